The second-order valence-electron chi connectivity index (χ2n) is 4.72. The van der Waals surface area contributed by atoms with Gasteiger partial charge >= 0.3 is 0 Å². The van der Waals surface area contributed by atoms with Gasteiger partial charge in [-0.1, -0.05) is 0 Å². The molecule has 2 rings (SSSR count). The fraction of sp³-hybridized carbons (Fsp3) is 0.538. The van der Waals surface area contributed by atoms with E-state index in [1.807, 2.05) is 12.1 Å². The second kappa shape index (κ2) is 5.77. The molecule has 1 fully saturated rings. The lowest BCUT2D eigenvalue weighted by Gasteiger charge is -2.30. The molecule has 0 spiro atoms. The largest absolute Gasteiger partial charge is 0.550 e. The highest BCUT2D eigenvalue weighted by atomic mass is 16.4. The van der Waals surface area contributed by atoms with E-state index in [2.05, 4.69) is 4.98 Å². The van der Waals surface area contributed by atoms with Gasteiger partial charge in [0.15, 0.2) is 0 Å². The van der Waals surface area contributed by atoms with E-state index in [-0.39, 0.29) is 5.92 Å². The molecular weight excluding hydrogens is 216 g/mol. The number of piperidine rings is 1. The number of nitrogens with zero attached hydrogens (tertiary/aromatic N) is 1. The molecular formula is C13H18N2O2. The minimum Gasteiger partial charge on any atom is -0.550 e. The lowest BCUT2D eigenvalue weighted by atomic mass is 9.98. The lowest BCUT2D eigenvalue weighted by molar-refractivity contribution is -0.907. The van der Waals surface area contributed by atoms with E-state index in [9.17, 15) is 9.90 Å². The molecule has 2 atom stereocenters. The number of carbonyl (C=O) groups is 1. The van der Waals surface area contributed by atoms with Crippen molar-refractivity contribution in [3.63, 3.8) is 0 Å². The Bertz CT molecular complexity index is 367. The van der Waals surface area contributed by atoms with Crippen LogP contribution in [0.25, 0.3) is 0 Å². The number of quaternary nitrogens is 1. The van der Waals surface area contributed by atoms with Crippen LogP contribution in [-0.2, 0) is 11.2 Å². The summed E-state index contributed by atoms with van der Waals surface area (Å²) in [5.74, 6) is -1.14. The predicted molar refractivity (Wildman–Crippen MR) is 61.2 cm³/mol. The SMILES string of the molecule is O=C([O-])[C@@H]1CCC[NH+](CCc2ccncc2)C1. The zero-order valence-corrected chi connectivity index (χ0v) is 9.89. The Morgan fingerprint density at radius 3 is 2.94 bits per heavy atom. The van der Waals surface area contributed by atoms with E-state index in [1.165, 1.54) is 10.5 Å². The van der Waals surface area contributed by atoms with Gasteiger partial charge in [0.2, 0.25) is 0 Å². The number of aliphatic carboxylic acids is 1. The summed E-state index contributed by atoms with van der Waals surface area (Å²) >= 11 is 0. The maximum absolute atomic E-state index is 10.8. The number of carbonyl (C=O) groups excluding carboxylic acids is 1. The molecule has 1 aromatic heterocycles. The van der Waals surface area contributed by atoms with Crippen molar-refractivity contribution in [3.05, 3.63) is 30.1 Å². The van der Waals surface area contributed by atoms with E-state index in [0.717, 1.165) is 32.4 Å². The van der Waals surface area contributed by atoms with Crippen LogP contribution >= 0.6 is 0 Å². The first kappa shape index (κ1) is 12.0. The van der Waals surface area contributed by atoms with Crippen LogP contribution < -0.4 is 10.0 Å². The number of nitrogens with one attached hydrogen (secondary N) is 1. The third-order valence-electron chi connectivity index (χ3n) is 3.47. The zero-order valence-electron chi connectivity index (χ0n) is 9.89. The van der Waals surface area contributed by atoms with Gasteiger partial charge in [-0.05, 0) is 30.5 Å². The van der Waals surface area contributed by atoms with Crippen LogP contribution in [0.4, 0.5) is 0 Å². The molecule has 1 aliphatic rings. The van der Waals surface area contributed by atoms with Crippen molar-refractivity contribution in [2.24, 2.45) is 5.92 Å². The highest BCUT2D eigenvalue weighted by Crippen LogP contribution is 2.06. The van der Waals surface area contributed by atoms with Crippen molar-refractivity contribution < 1.29 is 14.8 Å². The van der Waals surface area contributed by atoms with Gasteiger partial charge in [-0.3, -0.25) is 4.98 Å². The molecule has 0 saturated carbocycles. The summed E-state index contributed by atoms with van der Waals surface area (Å²) in [5, 5.41) is 10.8. The fourth-order valence-electron chi connectivity index (χ4n) is 2.45. The van der Waals surface area contributed by atoms with Crippen molar-refractivity contribution in [1.29, 1.82) is 0 Å². The number of rotatable bonds is 4. The van der Waals surface area contributed by atoms with Gasteiger partial charge in [-0.15, -0.1) is 0 Å². The van der Waals surface area contributed by atoms with Crippen molar-refractivity contribution in [3.8, 4) is 0 Å². The summed E-state index contributed by atoms with van der Waals surface area (Å²) in [5.41, 5.74) is 1.27. The first-order valence-electron chi connectivity index (χ1n) is 6.19. The van der Waals surface area contributed by atoms with Gasteiger partial charge in [-0.25, -0.2) is 0 Å². The molecule has 4 nitrogen and oxygen atoms in total. The number of hydrogen-bond donors (Lipinski definition) is 1. The van der Waals surface area contributed by atoms with Crippen molar-refractivity contribution in [1.82, 2.24) is 4.98 Å². The van der Waals surface area contributed by atoms with E-state index in [4.69, 9.17) is 0 Å². The number of likely N-dealkylation sites (tertiary alicyclic amines) is 1. The molecule has 92 valence electrons. The third kappa shape index (κ3) is 3.53. The fourth-order valence-corrected chi connectivity index (χ4v) is 2.45. The standard InChI is InChI=1S/C13H18N2O2/c16-13(17)12-2-1-8-15(10-12)9-5-11-3-6-14-7-4-11/h3-4,6-7,12H,1-2,5,8-10H2,(H,16,17)/t12-/m1/s1. The van der Waals surface area contributed by atoms with Gasteiger partial charge < -0.3 is 14.8 Å². The molecule has 0 aliphatic carbocycles. The summed E-state index contributed by atoms with van der Waals surface area (Å²) in [6.45, 7) is 2.79. The molecule has 1 saturated heterocycles. The molecule has 0 bridgehead atoms. The Labute approximate surface area is 101 Å². The number of carboxylic acid groups (broad SMARTS) is 1. The molecule has 1 aliphatic heterocycles. The molecule has 17 heavy (non-hydrogen) atoms. The molecule has 1 N–H and O–H groups in total. The van der Waals surface area contributed by atoms with Gasteiger partial charge in [0.05, 0.1) is 25.6 Å². The maximum Gasteiger partial charge on any atom is 0.0852 e. The Balaban J connectivity index is 1.81. The zero-order chi connectivity index (χ0) is 12.1. The monoisotopic (exact) mass is 234 g/mol. The smallest absolute Gasteiger partial charge is 0.0852 e. The Morgan fingerprint density at radius 1 is 1.47 bits per heavy atom. The third-order valence-corrected chi connectivity index (χ3v) is 3.47. The number of hydrogen-bond acceptors (Lipinski definition) is 3. The number of pyridine rings is 1. The second-order valence-corrected chi connectivity index (χ2v) is 4.72. The van der Waals surface area contributed by atoms with Crippen LogP contribution in [0, 0.1) is 5.92 Å². The molecule has 1 unspecified atom stereocenters. The highest BCUT2D eigenvalue weighted by molar-refractivity contribution is 5.67. The summed E-state index contributed by atoms with van der Waals surface area (Å²) in [6.07, 6.45) is 6.35. The summed E-state index contributed by atoms with van der Waals surface area (Å²) in [4.78, 5) is 16.2. The maximum atomic E-state index is 10.8. The highest BCUT2D eigenvalue weighted by Gasteiger charge is 2.23. The van der Waals surface area contributed by atoms with Crippen molar-refractivity contribution >= 4 is 5.97 Å². The quantitative estimate of drug-likeness (QED) is 0.702. The summed E-state index contributed by atoms with van der Waals surface area (Å²) < 4.78 is 0. The van der Waals surface area contributed by atoms with Gasteiger partial charge in [0.1, 0.15) is 0 Å². The average Bonchev–Trinajstić information content (AvgIpc) is 2.38. The van der Waals surface area contributed by atoms with Crippen LogP contribution in [0.5, 0.6) is 0 Å². The number of carboxylic acids is 1. The van der Waals surface area contributed by atoms with Crippen LogP contribution in [0.15, 0.2) is 24.5 Å². The summed E-state index contributed by atoms with van der Waals surface area (Å²) in [7, 11) is 0. The van der Waals surface area contributed by atoms with Gasteiger partial charge in [0, 0.05) is 24.7 Å². The molecule has 0 aromatic carbocycles. The molecule has 0 radical (unpaired) electrons. The van der Waals surface area contributed by atoms with Crippen molar-refractivity contribution in [2.75, 3.05) is 19.6 Å². The van der Waals surface area contributed by atoms with Crippen LogP contribution in [0.2, 0.25) is 0 Å². The van der Waals surface area contributed by atoms with Crippen LogP contribution in [0.1, 0.15) is 18.4 Å². The predicted octanol–water partition coefficient (Wildman–Crippen LogP) is -1.33. The average molecular weight is 234 g/mol. The Kier molecular flexibility index (Phi) is 4.09. The first-order chi connectivity index (χ1) is 8.25. The van der Waals surface area contributed by atoms with Crippen LogP contribution in [-0.4, -0.2) is 30.6 Å². The molecule has 4 heteroatoms. The van der Waals surface area contributed by atoms with Gasteiger partial charge in [-0.2, -0.15) is 0 Å². The van der Waals surface area contributed by atoms with Gasteiger partial charge in [0.25, 0.3) is 0 Å². The number of aromatic nitrogens is 1. The normalized spacial score (nSPS) is 24.5. The van der Waals surface area contributed by atoms with E-state index < -0.39 is 5.97 Å². The molecule has 2 heterocycles. The summed E-state index contributed by atoms with van der Waals surface area (Å²) in [6, 6.07) is 4.03. The minimum atomic E-state index is -0.883. The Morgan fingerprint density at radius 2 is 2.24 bits per heavy atom. The first-order valence-corrected chi connectivity index (χ1v) is 6.19. The van der Waals surface area contributed by atoms with E-state index >= 15 is 0 Å². The Hall–Kier alpha value is -1.42. The van der Waals surface area contributed by atoms with E-state index in [0.29, 0.717) is 6.54 Å². The van der Waals surface area contributed by atoms with Crippen LogP contribution in [0.3, 0.4) is 0 Å². The van der Waals surface area contributed by atoms with Crippen molar-refractivity contribution in [2.45, 2.75) is 19.3 Å². The molecule has 1 aromatic rings. The molecule has 0 amide bonds. The van der Waals surface area contributed by atoms with E-state index in [1.54, 1.807) is 12.4 Å². The lowest BCUT2D eigenvalue weighted by Crippen LogP contribution is -3.14. The topological polar surface area (TPSA) is 57.5 Å². The minimum absolute atomic E-state index is 0.254.